The summed E-state index contributed by atoms with van der Waals surface area (Å²) in [5, 5.41) is 0. The molecule has 4 heteroatoms. The number of nitrogens with two attached hydrogens (primary N) is 1. The number of hydrogen-bond acceptors (Lipinski definition) is 3. The van der Waals surface area contributed by atoms with Gasteiger partial charge in [-0.3, -0.25) is 0 Å². The van der Waals surface area contributed by atoms with Crippen LogP contribution in [0, 0.1) is 0 Å². The third-order valence-electron chi connectivity index (χ3n) is 2.02. The molecule has 0 saturated heterocycles. The van der Waals surface area contributed by atoms with Gasteiger partial charge in [-0.25, -0.2) is 4.79 Å². The monoisotopic (exact) mass is 229 g/mol. The number of benzene rings is 2. The molecule has 86 valence electrons. The van der Waals surface area contributed by atoms with Gasteiger partial charge in [0, 0.05) is 0 Å². The lowest BCUT2D eigenvalue weighted by Gasteiger charge is -2.06. The first-order valence-corrected chi connectivity index (χ1v) is 5.04. The molecule has 1 amide bonds. The Morgan fingerprint density at radius 1 is 0.824 bits per heavy atom. The highest BCUT2D eigenvalue weighted by atomic mass is 16.5. The average Bonchev–Trinajstić information content (AvgIpc) is 2.32. The fourth-order valence-electron chi connectivity index (χ4n) is 1.32. The van der Waals surface area contributed by atoms with Gasteiger partial charge in [0.2, 0.25) is 0 Å². The van der Waals surface area contributed by atoms with Crippen molar-refractivity contribution in [2.75, 3.05) is 0 Å². The zero-order chi connectivity index (χ0) is 12.1. The molecule has 2 aromatic carbocycles. The zero-order valence-electron chi connectivity index (χ0n) is 9.00. The number of rotatable bonds is 3. The lowest BCUT2D eigenvalue weighted by Crippen LogP contribution is -2.16. The Morgan fingerprint density at radius 2 is 1.35 bits per heavy atom. The number of primary amides is 1. The minimum atomic E-state index is -0.832. The largest absolute Gasteiger partial charge is 0.457 e. The first-order chi connectivity index (χ1) is 8.24. The summed E-state index contributed by atoms with van der Waals surface area (Å²) in [5.74, 6) is 1.79. The first kappa shape index (κ1) is 11.0. The molecular formula is C13H11NO3. The fraction of sp³-hybridized carbons (Fsp3) is 0. The van der Waals surface area contributed by atoms with Crippen LogP contribution in [0.4, 0.5) is 4.79 Å². The molecule has 0 atom stereocenters. The summed E-state index contributed by atoms with van der Waals surface area (Å²) >= 11 is 0. The lowest BCUT2D eigenvalue weighted by molar-refractivity contribution is 0.211. The van der Waals surface area contributed by atoms with Gasteiger partial charge >= 0.3 is 6.09 Å². The van der Waals surface area contributed by atoms with E-state index in [9.17, 15) is 4.79 Å². The van der Waals surface area contributed by atoms with Crippen LogP contribution in [0.15, 0.2) is 54.6 Å². The Morgan fingerprint density at radius 3 is 1.94 bits per heavy atom. The molecule has 0 spiro atoms. The predicted octanol–water partition coefficient (Wildman–Crippen LogP) is 2.94. The molecule has 4 nitrogen and oxygen atoms in total. The van der Waals surface area contributed by atoms with Gasteiger partial charge in [-0.1, -0.05) is 18.2 Å². The van der Waals surface area contributed by atoms with Crippen molar-refractivity contribution in [3.05, 3.63) is 54.6 Å². The van der Waals surface area contributed by atoms with E-state index < -0.39 is 6.09 Å². The van der Waals surface area contributed by atoms with E-state index in [-0.39, 0.29) is 0 Å². The van der Waals surface area contributed by atoms with E-state index in [0.29, 0.717) is 11.5 Å². The normalized spacial score (nSPS) is 9.65. The van der Waals surface area contributed by atoms with Crippen LogP contribution in [-0.2, 0) is 0 Å². The summed E-state index contributed by atoms with van der Waals surface area (Å²) in [6.45, 7) is 0. The molecule has 0 aromatic heterocycles. The Balaban J connectivity index is 2.06. The van der Waals surface area contributed by atoms with Crippen LogP contribution < -0.4 is 15.2 Å². The van der Waals surface area contributed by atoms with Crippen LogP contribution in [0.25, 0.3) is 0 Å². The second kappa shape index (κ2) is 5.03. The van der Waals surface area contributed by atoms with Gasteiger partial charge < -0.3 is 15.2 Å². The van der Waals surface area contributed by atoms with Crippen LogP contribution >= 0.6 is 0 Å². The highest BCUT2D eigenvalue weighted by molar-refractivity contribution is 5.68. The van der Waals surface area contributed by atoms with E-state index in [2.05, 4.69) is 0 Å². The van der Waals surface area contributed by atoms with Crippen molar-refractivity contribution in [3.8, 4) is 17.2 Å². The maximum atomic E-state index is 10.5. The molecule has 0 heterocycles. The summed E-state index contributed by atoms with van der Waals surface area (Å²) in [7, 11) is 0. The van der Waals surface area contributed by atoms with Crippen LogP contribution in [0.3, 0.4) is 0 Å². The fourth-order valence-corrected chi connectivity index (χ4v) is 1.32. The van der Waals surface area contributed by atoms with E-state index in [0.717, 1.165) is 5.75 Å². The minimum Gasteiger partial charge on any atom is -0.457 e. The maximum Gasteiger partial charge on any atom is 0.409 e. The number of carbonyl (C=O) groups is 1. The molecule has 0 saturated carbocycles. The maximum absolute atomic E-state index is 10.5. The number of hydrogen-bond donors (Lipinski definition) is 1. The Kier molecular flexibility index (Phi) is 3.25. The number of para-hydroxylation sites is 1. The first-order valence-electron chi connectivity index (χ1n) is 5.04. The summed E-state index contributed by atoms with van der Waals surface area (Å²) < 4.78 is 10.3. The second-order valence-corrected chi connectivity index (χ2v) is 3.31. The molecule has 17 heavy (non-hydrogen) atoms. The number of carbonyl (C=O) groups excluding carboxylic acids is 1. The second-order valence-electron chi connectivity index (χ2n) is 3.31. The van der Waals surface area contributed by atoms with Crippen LogP contribution in [0.2, 0.25) is 0 Å². The average molecular weight is 229 g/mol. The number of ether oxygens (including phenoxy) is 2. The van der Waals surface area contributed by atoms with Crippen LogP contribution in [-0.4, -0.2) is 6.09 Å². The lowest BCUT2D eigenvalue weighted by atomic mass is 10.3. The van der Waals surface area contributed by atoms with E-state index in [1.54, 1.807) is 24.3 Å². The van der Waals surface area contributed by atoms with Crippen LogP contribution in [0.1, 0.15) is 0 Å². The molecule has 2 rings (SSSR count). The van der Waals surface area contributed by atoms with Gasteiger partial charge in [-0.2, -0.15) is 0 Å². The molecule has 0 aliphatic rings. The Bertz CT molecular complexity index is 494. The van der Waals surface area contributed by atoms with Gasteiger partial charge in [0.15, 0.2) is 0 Å². The molecule has 0 aliphatic carbocycles. The van der Waals surface area contributed by atoms with E-state index in [1.165, 1.54) is 0 Å². The summed E-state index contributed by atoms with van der Waals surface area (Å²) in [5.41, 5.74) is 4.89. The van der Waals surface area contributed by atoms with Crippen molar-refractivity contribution >= 4 is 6.09 Å². The van der Waals surface area contributed by atoms with Crippen molar-refractivity contribution in [1.29, 1.82) is 0 Å². The smallest absolute Gasteiger partial charge is 0.409 e. The predicted molar refractivity (Wildman–Crippen MR) is 63.2 cm³/mol. The van der Waals surface area contributed by atoms with Crippen molar-refractivity contribution in [2.45, 2.75) is 0 Å². The molecule has 2 N–H and O–H groups in total. The molecule has 0 radical (unpaired) electrons. The molecular weight excluding hydrogens is 218 g/mol. The Hall–Kier alpha value is -2.49. The molecule has 2 aromatic rings. The quantitative estimate of drug-likeness (QED) is 0.880. The van der Waals surface area contributed by atoms with Gasteiger partial charge in [0.05, 0.1) is 0 Å². The molecule has 0 unspecified atom stereocenters. The third-order valence-corrected chi connectivity index (χ3v) is 2.02. The topological polar surface area (TPSA) is 61.6 Å². The summed E-state index contributed by atoms with van der Waals surface area (Å²) in [4.78, 5) is 10.5. The van der Waals surface area contributed by atoms with Crippen molar-refractivity contribution in [3.63, 3.8) is 0 Å². The van der Waals surface area contributed by atoms with E-state index in [4.69, 9.17) is 15.2 Å². The van der Waals surface area contributed by atoms with Crippen molar-refractivity contribution in [2.24, 2.45) is 5.73 Å². The zero-order valence-corrected chi connectivity index (χ0v) is 9.00. The summed E-state index contributed by atoms with van der Waals surface area (Å²) in [6, 6.07) is 16.0. The van der Waals surface area contributed by atoms with Gasteiger partial charge in [-0.15, -0.1) is 0 Å². The van der Waals surface area contributed by atoms with E-state index >= 15 is 0 Å². The van der Waals surface area contributed by atoms with Gasteiger partial charge in [0.1, 0.15) is 17.2 Å². The third kappa shape index (κ3) is 3.24. The summed E-state index contributed by atoms with van der Waals surface area (Å²) in [6.07, 6.45) is -0.832. The molecule has 0 fully saturated rings. The van der Waals surface area contributed by atoms with E-state index in [1.807, 2.05) is 30.3 Å². The number of amides is 1. The molecule has 0 bridgehead atoms. The minimum absolute atomic E-state index is 0.387. The highest BCUT2D eigenvalue weighted by Crippen LogP contribution is 2.23. The van der Waals surface area contributed by atoms with Gasteiger partial charge in [-0.05, 0) is 36.4 Å². The Labute approximate surface area is 98.6 Å². The van der Waals surface area contributed by atoms with Crippen LogP contribution in [0.5, 0.6) is 17.2 Å². The van der Waals surface area contributed by atoms with Crippen molar-refractivity contribution in [1.82, 2.24) is 0 Å². The SMILES string of the molecule is NC(=O)Oc1ccc(Oc2ccccc2)cc1. The standard InChI is InChI=1S/C13H11NO3/c14-13(15)17-12-8-6-11(7-9-12)16-10-4-2-1-3-5-10/h1-9H,(H2,14,15). The highest BCUT2D eigenvalue weighted by Gasteiger charge is 2.00. The van der Waals surface area contributed by atoms with Gasteiger partial charge in [0.25, 0.3) is 0 Å². The molecule has 0 aliphatic heterocycles. The van der Waals surface area contributed by atoms with Crippen molar-refractivity contribution < 1.29 is 14.3 Å².